The number of ether oxygens (including phenoxy) is 4. The van der Waals surface area contributed by atoms with Gasteiger partial charge in [0.05, 0.1) is 68.8 Å². The molecule has 15 N–H and O–H groups in total. The number of alkyl halides is 3. The number of benzene rings is 6. The summed E-state index contributed by atoms with van der Waals surface area (Å²) in [5, 5.41) is 28.3. The number of thioether (sulfide) groups is 2. The number of anilines is 6. The van der Waals surface area contributed by atoms with Gasteiger partial charge < -0.3 is 58.7 Å². The lowest BCUT2D eigenvalue weighted by molar-refractivity contribution is -0.0446. The van der Waals surface area contributed by atoms with Gasteiger partial charge in [0.25, 0.3) is 31.3 Å². The van der Waals surface area contributed by atoms with E-state index in [-0.39, 0.29) is 65.6 Å². The molecule has 2 heterocycles. The molecule has 41 heteroatoms. The third-order valence-corrected chi connectivity index (χ3v) is 22.3. The Morgan fingerprint density at radius 3 is 1.27 bits per heavy atom. The van der Waals surface area contributed by atoms with Crippen molar-refractivity contribution in [2.75, 3.05) is 109 Å². The molecular formula is C77H110ClF3N16O13S8. The Hall–Kier alpha value is -9.01. The zero-order valence-corrected chi connectivity index (χ0v) is 75.9. The fourth-order valence-corrected chi connectivity index (χ4v) is 16.5. The minimum Gasteiger partial charge on any atom is -0.497 e. The van der Waals surface area contributed by atoms with Gasteiger partial charge in [-0.3, -0.25) is 19.8 Å². The molecule has 0 aliphatic heterocycles. The number of aromatic nitrogens is 4. The van der Waals surface area contributed by atoms with E-state index < -0.39 is 46.7 Å². The highest BCUT2D eigenvalue weighted by atomic mass is 35.5. The van der Waals surface area contributed by atoms with Crippen LogP contribution >= 0.6 is 59.5 Å². The van der Waals surface area contributed by atoms with Crippen LogP contribution in [0.4, 0.5) is 48.1 Å². The summed E-state index contributed by atoms with van der Waals surface area (Å²) in [5.41, 5.74) is 34.2. The number of para-hydroxylation sites is 2. The zero-order valence-electron chi connectivity index (χ0n) is 68.5. The quantitative estimate of drug-likeness (QED) is 0.00516. The fourth-order valence-electron chi connectivity index (χ4n) is 9.20. The first-order valence-corrected chi connectivity index (χ1v) is 44.3. The van der Waals surface area contributed by atoms with Crippen molar-refractivity contribution in [1.29, 1.82) is 15.9 Å². The smallest absolute Gasteiger partial charge is 0.496 e. The van der Waals surface area contributed by atoms with Crippen molar-refractivity contribution >= 4 is 141 Å². The van der Waals surface area contributed by atoms with Crippen LogP contribution < -0.4 is 58.7 Å². The number of sulfone groups is 1. The molecule has 0 radical (unpaired) electrons. The van der Waals surface area contributed by atoms with Gasteiger partial charge in [0.2, 0.25) is 11.9 Å². The number of nitrogens with one attached hydrogen (secondary N) is 2. The summed E-state index contributed by atoms with van der Waals surface area (Å²) in [7, 11) is 3.31. The van der Waals surface area contributed by atoms with E-state index in [1.807, 2.05) is 145 Å². The first kappa shape index (κ1) is 111. The van der Waals surface area contributed by atoms with Crippen molar-refractivity contribution < 1.29 is 69.8 Å². The lowest BCUT2D eigenvalue weighted by atomic mass is 10.0. The summed E-state index contributed by atoms with van der Waals surface area (Å²) in [6, 6.07) is 45.4. The first-order chi connectivity index (χ1) is 53.9. The Labute approximate surface area is 719 Å². The maximum atomic E-state index is 12.1. The molecule has 0 saturated heterocycles. The second-order valence-electron chi connectivity index (χ2n) is 25.8. The normalized spacial score (nSPS) is 11.6. The molecule has 0 spiro atoms. The zero-order chi connectivity index (χ0) is 88.8. The third-order valence-electron chi connectivity index (χ3n) is 14.3. The number of rotatable bonds is 24. The Balaban J connectivity index is 0. The van der Waals surface area contributed by atoms with Gasteiger partial charge in [-0.1, -0.05) is 135 Å². The van der Waals surface area contributed by atoms with Crippen molar-refractivity contribution in [3.8, 4) is 35.1 Å². The third kappa shape index (κ3) is 43.1. The monoisotopic (exact) mass is 1810 g/mol. The average Bonchev–Trinajstić information content (AvgIpc) is 0.794. The Kier molecular flexibility index (Phi) is 51.0. The molecular weight excluding hydrogens is 1710 g/mol. The van der Waals surface area contributed by atoms with Crippen LogP contribution in [-0.4, -0.2) is 162 Å². The Morgan fingerprint density at radius 2 is 0.958 bits per heavy atom. The second kappa shape index (κ2) is 54.2. The first-order valence-electron chi connectivity index (χ1n) is 34.3. The second-order valence-corrected chi connectivity index (χ2v) is 36.5. The number of hydrogen-bond donors (Lipinski definition) is 9. The molecule has 2 unspecified atom stereocenters. The molecule has 0 aliphatic rings. The summed E-state index contributed by atoms with van der Waals surface area (Å²) in [6.07, 6.45) is 7.44. The molecule has 0 bridgehead atoms. The van der Waals surface area contributed by atoms with E-state index in [2.05, 4.69) is 104 Å². The van der Waals surface area contributed by atoms with E-state index in [0.717, 1.165) is 64.9 Å². The number of nitrogen functional groups attached to an aromatic ring is 5. The lowest BCUT2D eigenvalue weighted by Gasteiger charge is -2.33. The molecule has 29 nitrogen and oxygen atoms in total. The number of nitrogens with zero attached hydrogens (tertiary/aromatic N) is 8. The fraction of sp³-hybridized carbons (Fsp3) is 0.364. The standard InChI is InChI=1S/C19H20N2OS.C17H27N3OS.C15H20N4O3S2.C14H18N4OS.C6H7N.C2H6N2.C2H6O5S2.CHF3O2S.CH4.ClH/c1-14(2)18-11-16(22-3)9-10-19(18)23-17(12-20)13-21-15-7-5-4-6-8-15;1-12(2)14-10-13(21-7)8-9-15(14)22-16(11-18)17(19(3)4)20(5)6;1-8(2)9-5-10(22-3)13(24(4,20)21)6-11(9)23-12-7-18-15(17)19-14(12)16;1-8(2)10-6-9(19-3)4-5-11(10)20-12-7-17-14(16)18-13(12)15;7-6-4-2-1-3-5-6;1-2(3)4;1-8(3,4)7-9(2,5)6;2-1(3,4)7(5)6;;/h4-11,13-14,21H,1-3H3;8-10,12,16-17H,1-7H3;5-8H,1-4H3,(H4,16,17,18,19);4-8H,1-3H3,(H4,15,16,17,18);1-5H,7H2;1H3,(H3,3,4);1-2H3;(H,5,6);1H4;1H/b17-13+;;;;;;;;;. The van der Waals surface area contributed by atoms with Gasteiger partial charge in [0.15, 0.2) is 9.84 Å². The maximum Gasteiger partial charge on any atom is 0.496 e. The summed E-state index contributed by atoms with van der Waals surface area (Å²) in [4.78, 5) is 26.2. The van der Waals surface area contributed by atoms with Gasteiger partial charge in [0, 0.05) is 55.8 Å². The SMILES string of the molecule is C.CC(=N)N.COc1cc(C(C)C)c(Sc2cnc(N)nc2N)cc1S(C)(=O)=O.COc1ccc(S/C(C#N)=C/Nc2ccccc2)c(C(C)C)c1.COc1ccc(SC(C#N)C(N(C)C)N(C)C)c(C(C)C)c1.COc1ccc(Sc2cnc(N)nc2N)c(C(C)C)c1.CS(=O)(=O)OS(C)(=O)=O.Cl.Nc1ccccc1.O=S(O)C(F)(F)F. The number of nitrogens with two attached hydrogens (primary N) is 6. The van der Waals surface area contributed by atoms with Crippen LogP contribution in [0.15, 0.2) is 185 Å². The summed E-state index contributed by atoms with van der Waals surface area (Å²) in [6.45, 7) is 18.4. The summed E-state index contributed by atoms with van der Waals surface area (Å²) in [5.74, 6) is 5.23. The van der Waals surface area contributed by atoms with E-state index in [4.69, 9.17) is 67.5 Å². The van der Waals surface area contributed by atoms with Gasteiger partial charge in [-0.15, -0.1) is 27.8 Å². The molecule has 6 aromatic carbocycles. The predicted octanol–water partition coefficient (Wildman–Crippen LogP) is 15.8. The van der Waals surface area contributed by atoms with Gasteiger partial charge in [0.1, 0.15) is 55.8 Å². The average molecular weight is 1820 g/mol. The van der Waals surface area contributed by atoms with E-state index in [1.54, 1.807) is 57.6 Å². The van der Waals surface area contributed by atoms with Crippen LogP contribution in [0.25, 0.3) is 0 Å². The van der Waals surface area contributed by atoms with Crippen molar-refractivity contribution in [2.24, 2.45) is 5.73 Å². The largest absolute Gasteiger partial charge is 0.497 e. The maximum absolute atomic E-state index is 12.1. The number of amidine groups is 1. The van der Waals surface area contributed by atoms with E-state index in [9.17, 15) is 48.9 Å². The predicted molar refractivity (Wildman–Crippen MR) is 477 cm³/mol. The molecule has 118 heavy (non-hydrogen) atoms. The minimum atomic E-state index is -4.97. The highest BCUT2D eigenvalue weighted by Gasteiger charge is 2.36. The number of allylic oxidation sites excluding steroid dienone is 1. The highest BCUT2D eigenvalue weighted by Crippen LogP contribution is 2.43. The summed E-state index contributed by atoms with van der Waals surface area (Å²) >= 11 is 2.25. The van der Waals surface area contributed by atoms with Crippen molar-refractivity contribution in [3.05, 3.63) is 173 Å². The molecule has 0 saturated carbocycles. The topological polar surface area (TPSA) is 483 Å². The van der Waals surface area contributed by atoms with Crippen LogP contribution in [0.5, 0.6) is 23.0 Å². The van der Waals surface area contributed by atoms with Crippen molar-refractivity contribution in [3.63, 3.8) is 0 Å². The lowest BCUT2D eigenvalue weighted by Crippen LogP contribution is -2.47. The molecule has 2 aromatic heterocycles. The van der Waals surface area contributed by atoms with Crippen LogP contribution in [0, 0.1) is 28.1 Å². The van der Waals surface area contributed by atoms with Gasteiger partial charge in [-0.2, -0.15) is 50.5 Å². The molecule has 0 amide bonds. The van der Waals surface area contributed by atoms with Gasteiger partial charge in [-0.25, -0.2) is 22.6 Å². The van der Waals surface area contributed by atoms with Gasteiger partial charge in [-0.05, 0) is 172 Å². The highest BCUT2D eigenvalue weighted by molar-refractivity contribution is 8.03. The van der Waals surface area contributed by atoms with E-state index in [0.29, 0.717) is 51.6 Å². The number of methoxy groups -OCH3 is 4. The van der Waals surface area contributed by atoms with Crippen molar-refractivity contribution in [1.82, 2.24) is 29.7 Å². The Morgan fingerprint density at radius 1 is 0.593 bits per heavy atom. The molecule has 8 rings (SSSR count). The van der Waals surface area contributed by atoms with Crippen molar-refractivity contribution in [2.45, 2.75) is 145 Å². The van der Waals surface area contributed by atoms with Crippen LogP contribution in [0.3, 0.4) is 0 Å². The number of nitriles is 2. The van der Waals surface area contributed by atoms with Gasteiger partial charge >= 0.3 is 5.51 Å². The van der Waals surface area contributed by atoms with Crippen LogP contribution in [-0.2, 0) is 44.8 Å². The van der Waals surface area contributed by atoms with E-state index >= 15 is 0 Å². The minimum absolute atomic E-state index is 0. The molecule has 8 aromatic rings. The van der Waals surface area contributed by atoms with Crippen LogP contribution in [0.1, 0.15) is 116 Å². The number of hydrogen-bond acceptors (Lipinski definition) is 31. The molecule has 0 aliphatic carbocycles. The van der Waals surface area contributed by atoms with Crippen LogP contribution in [0.2, 0.25) is 0 Å². The van der Waals surface area contributed by atoms with E-state index in [1.165, 1.54) is 72.2 Å². The molecule has 652 valence electrons. The molecule has 0 fully saturated rings. The Bertz CT molecular complexity index is 4900. The number of halogens is 4. The summed E-state index contributed by atoms with van der Waals surface area (Å²) < 4.78 is 137. The molecule has 2 atom stereocenters.